The lowest BCUT2D eigenvalue weighted by atomic mass is 10.1. The molecule has 6 nitrogen and oxygen atoms in total. The zero-order valence-electron chi connectivity index (χ0n) is 8.63. The summed E-state index contributed by atoms with van der Waals surface area (Å²) in [5.74, 6) is -0.955. The summed E-state index contributed by atoms with van der Waals surface area (Å²) in [4.78, 5) is 21.5. The highest BCUT2D eigenvalue weighted by Gasteiger charge is 2.34. The quantitative estimate of drug-likeness (QED) is 0.634. The first-order valence-corrected chi connectivity index (χ1v) is 4.63. The molecule has 0 aliphatic carbocycles. The molecular formula is C9H14O6. The molecule has 1 fully saturated rings. The molecule has 0 spiro atoms. The molecule has 1 heterocycles. The van der Waals surface area contributed by atoms with Crippen LogP contribution >= 0.6 is 0 Å². The molecule has 0 aromatic rings. The Morgan fingerprint density at radius 2 is 1.73 bits per heavy atom. The molecule has 1 rings (SSSR count). The van der Waals surface area contributed by atoms with E-state index in [9.17, 15) is 14.7 Å². The van der Waals surface area contributed by atoms with Crippen molar-refractivity contribution in [3.63, 3.8) is 0 Å². The Balaban J connectivity index is 2.57. The molecule has 0 bridgehead atoms. The first-order chi connectivity index (χ1) is 6.99. The molecule has 0 radical (unpaired) electrons. The van der Waals surface area contributed by atoms with Crippen LogP contribution in [0.2, 0.25) is 0 Å². The third kappa shape index (κ3) is 3.85. The fourth-order valence-corrected chi connectivity index (χ4v) is 1.39. The van der Waals surface area contributed by atoms with E-state index in [-0.39, 0.29) is 13.0 Å². The minimum Gasteiger partial charge on any atom is -0.458 e. The van der Waals surface area contributed by atoms with Gasteiger partial charge in [0.1, 0.15) is 6.10 Å². The van der Waals surface area contributed by atoms with Gasteiger partial charge < -0.3 is 19.3 Å². The maximum atomic E-state index is 10.8. The number of aliphatic hydroxyl groups excluding tert-OH is 1. The van der Waals surface area contributed by atoms with Crippen LogP contribution in [0.3, 0.4) is 0 Å². The molecule has 0 aromatic carbocycles. The van der Waals surface area contributed by atoms with Crippen LogP contribution in [0.25, 0.3) is 0 Å². The molecule has 1 aliphatic heterocycles. The summed E-state index contributed by atoms with van der Waals surface area (Å²) in [5.41, 5.74) is 0. The summed E-state index contributed by atoms with van der Waals surface area (Å²) >= 11 is 0. The van der Waals surface area contributed by atoms with Crippen molar-refractivity contribution in [2.24, 2.45) is 0 Å². The number of hydrogen-bond acceptors (Lipinski definition) is 6. The molecule has 3 atom stereocenters. The summed E-state index contributed by atoms with van der Waals surface area (Å²) in [6.07, 6.45) is -2.16. The van der Waals surface area contributed by atoms with Crippen LogP contribution in [0, 0.1) is 0 Å². The van der Waals surface area contributed by atoms with Crippen molar-refractivity contribution in [3.8, 4) is 0 Å². The van der Waals surface area contributed by atoms with Crippen molar-refractivity contribution in [3.05, 3.63) is 0 Å². The van der Waals surface area contributed by atoms with Gasteiger partial charge in [-0.2, -0.15) is 0 Å². The van der Waals surface area contributed by atoms with Gasteiger partial charge in [0, 0.05) is 20.3 Å². The lowest BCUT2D eigenvalue weighted by Gasteiger charge is -2.32. The number of carbonyl (C=O) groups excluding carboxylic acids is 2. The van der Waals surface area contributed by atoms with Crippen LogP contribution in [0.1, 0.15) is 20.3 Å². The molecule has 0 amide bonds. The van der Waals surface area contributed by atoms with Crippen LogP contribution < -0.4 is 0 Å². The summed E-state index contributed by atoms with van der Waals surface area (Å²) < 4.78 is 14.7. The topological polar surface area (TPSA) is 82.1 Å². The Kier molecular flexibility index (Phi) is 4.05. The van der Waals surface area contributed by atoms with Crippen LogP contribution in [-0.4, -0.2) is 42.1 Å². The third-order valence-electron chi connectivity index (χ3n) is 1.94. The molecule has 6 heteroatoms. The zero-order valence-corrected chi connectivity index (χ0v) is 8.63. The van der Waals surface area contributed by atoms with Gasteiger partial charge in [-0.15, -0.1) is 0 Å². The van der Waals surface area contributed by atoms with Crippen molar-refractivity contribution < 1.29 is 28.9 Å². The number of ether oxygens (including phenoxy) is 3. The average molecular weight is 218 g/mol. The van der Waals surface area contributed by atoms with Gasteiger partial charge >= 0.3 is 11.9 Å². The Morgan fingerprint density at radius 3 is 2.27 bits per heavy atom. The second-order valence-corrected chi connectivity index (χ2v) is 3.32. The standard InChI is InChI=1S/C9H14O6/c1-5(10)14-7-3-9(12)13-4-8(7)15-6(2)11/h7-9,12H,3-4H2,1-2H3/t7-,8+,9?/m1/s1. The van der Waals surface area contributed by atoms with Gasteiger partial charge in [0.2, 0.25) is 0 Å². The highest BCUT2D eigenvalue weighted by molar-refractivity contribution is 5.67. The SMILES string of the molecule is CC(=O)O[C@H]1COC(O)C[C@H]1OC(C)=O. The van der Waals surface area contributed by atoms with Crippen molar-refractivity contribution in [1.82, 2.24) is 0 Å². The van der Waals surface area contributed by atoms with Gasteiger partial charge in [-0.3, -0.25) is 9.59 Å². The second kappa shape index (κ2) is 5.09. The highest BCUT2D eigenvalue weighted by Crippen LogP contribution is 2.19. The molecule has 86 valence electrons. The van der Waals surface area contributed by atoms with E-state index in [0.29, 0.717) is 0 Å². The first kappa shape index (κ1) is 11.9. The van der Waals surface area contributed by atoms with E-state index < -0.39 is 30.4 Å². The molecular weight excluding hydrogens is 204 g/mol. The maximum absolute atomic E-state index is 10.8. The van der Waals surface area contributed by atoms with E-state index in [4.69, 9.17) is 14.2 Å². The summed E-state index contributed by atoms with van der Waals surface area (Å²) in [6, 6.07) is 0. The van der Waals surface area contributed by atoms with Crippen LogP contribution in [0.5, 0.6) is 0 Å². The van der Waals surface area contributed by atoms with Crippen molar-refractivity contribution in [1.29, 1.82) is 0 Å². The van der Waals surface area contributed by atoms with E-state index in [1.807, 2.05) is 0 Å². The Bertz CT molecular complexity index is 251. The number of rotatable bonds is 2. The van der Waals surface area contributed by atoms with Gasteiger partial charge in [0.15, 0.2) is 12.4 Å². The summed E-state index contributed by atoms with van der Waals surface area (Å²) in [7, 11) is 0. The van der Waals surface area contributed by atoms with Crippen LogP contribution in [0.15, 0.2) is 0 Å². The predicted molar refractivity (Wildman–Crippen MR) is 47.7 cm³/mol. The second-order valence-electron chi connectivity index (χ2n) is 3.32. The van der Waals surface area contributed by atoms with Gasteiger partial charge in [-0.1, -0.05) is 0 Å². The van der Waals surface area contributed by atoms with E-state index >= 15 is 0 Å². The molecule has 15 heavy (non-hydrogen) atoms. The number of aliphatic hydroxyl groups is 1. The third-order valence-corrected chi connectivity index (χ3v) is 1.94. The molecule has 1 saturated heterocycles. The predicted octanol–water partition coefficient (Wildman–Crippen LogP) is -0.412. The molecule has 1 N–H and O–H groups in total. The van der Waals surface area contributed by atoms with E-state index in [1.165, 1.54) is 13.8 Å². The molecule has 1 aliphatic rings. The number of esters is 2. The maximum Gasteiger partial charge on any atom is 0.303 e. The van der Waals surface area contributed by atoms with Crippen molar-refractivity contribution >= 4 is 11.9 Å². The van der Waals surface area contributed by atoms with Gasteiger partial charge in [-0.25, -0.2) is 0 Å². The average Bonchev–Trinajstić information content (AvgIpc) is 2.08. The van der Waals surface area contributed by atoms with Crippen LogP contribution in [-0.2, 0) is 23.8 Å². The van der Waals surface area contributed by atoms with E-state index in [1.54, 1.807) is 0 Å². The molecule has 1 unspecified atom stereocenters. The Hall–Kier alpha value is -1.14. The smallest absolute Gasteiger partial charge is 0.303 e. The van der Waals surface area contributed by atoms with Gasteiger partial charge in [0.25, 0.3) is 0 Å². The lowest BCUT2D eigenvalue weighted by Crippen LogP contribution is -2.45. The normalized spacial score (nSPS) is 30.7. The van der Waals surface area contributed by atoms with Crippen LogP contribution in [0.4, 0.5) is 0 Å². The minimum atomic E-state index is -0.985. The van der Waals surface area contributed by atoms with Gasteiger partial charge in [0.05, 0.1) is 6.61 Å². The summed E-state index contributed by atoms with van der Waals surface area (Å²) in [5, 5.41) is 9.19. The number of carbonyl (C=O) groups is 2. The van der Waals surface area contributed by atoms with E-state index in [2.05, 4.69) is 0 Å². The monoisotopic (exact) mass is 218 g/mol. The number of hydrogen-bond donors (Lipinski definition) is 1. The Labute approximate surface area is 87.1 Å². The lowest BCUT2D eigenvalue weighted by molar-refractivity contribution is -0.216. The van der Waals surface area contributed by atoms with Crippen molar-refractivity contribution in [2.75, 3.05) is 6.61 Å². The minimum absolute atomic E-state index is 0.0265. The van der Waals surface area contributed by atoms with Gasteiger partial charge in [-0.05, 0) is 0 Å². The summed E-state index contributed by atoms with van der Waals surface area (Å²) in [6.45, 7) is 2.54. The largest absolute Gasteiger partial charge is 0.458 e. The highest BCUT2D eigenvalue weighted by atomic mass is 16.6. The molecule has 0 saturated carbocycles. The van der Waals surface area contributed by atoms with Crippen molar-refractivity contribution in [2.45, 2.75) is 38.8 Å². The fourth-order valence-electron chi connectivity index (χ4n) is 1.39. The first-order valence-electron chi connectivity index (χ1n) is 4.63. The molecule has 0 aromatic heterocycles. The zero-order chi connectivity index (χ0) is 11.4. The van der Waals surface area contributed by atoms with E-state index in [0.717, 1.165) is 0 Å². The Morgan fingerprint density at radius 1 is 1.20 bits per heavy atom. The fraction of sp³-hybridized carbons (Fsp3) is 0.778.